The van der Waals surface area contributed by atoms with Crippen LogP contribution in [-0.2, 0) is 0 Å². The Hall–Kier alpha value is -3.09. The Bertz CT molecular complexity index is 866. The van der Waals surface area contributed by atoms with E-state index in [9.17, 15) is 14.4 Å². The van der Waals surface area contributed by atoms with E-state index in [1.165, 1.54) is 4.57 Å². The zero-order valence-corrected chi connectivity index (χ0v) is 12.6. The maximum absolute atomic E-state index is 12.3. The van der Waals surface area contributed by atoms with Crippen LogP contribution >= 0.6 is 0 Å². The Morgan fingerprint density at radius 3 is 2.35 bits per heavy atom. The Morgan fingerprint density at radius 1 is 1.09 bits per heavy atom. The minimum absolute atomic E-state index is 0.00788. The summed E-state index contributed by atoms with van der Waals surface area (Å²) in [4.78, 5) is 35.7. The van der Waals surface area contributed by atoms with E-state index in [4.69, 9.17) is 10.5 Å². The molecule has 2 aromatic rings. The molecule has 1 aromatic carbocycles. The average molecular weight is 313 g/mol. The number of anilines is 1. The third kappa shape index (κ3) is 2.46. The summed E-state index contributed by atoms with van der Waals surface area (Å²) in [6.45, 7) is 3.82. The number of benzene rings is 1. The van der Waals surface area contributed by atoms with Crippen LogP contribution in [0.2, 0.25) is 0 Å². The Morgan fingerprint density at radius 2 is 1.74 bits per heavy atom. The summed E-state index contributed by atoms with van der Waals surface area (Å²) in [5.74, 6) is -0.615. The molecule has 0 bridgehead atoms. The minimum atomic E-state index is -0.610. The second kappa shape index (κ2) is 5.28. The second-order valence-electron chi connectivity index (χ2n) is 5.44. The zero-order chi connectivity index (χ0) is 16.7. The second-order valence-corrected chi connectivity index (χ2v) is 5.44. The molecule has 7 nitrogen and oxygen atoms in total. The van der Waals surface area contributed by atoms with Gasteiger partial charge in [0.05, 0.1) is 22.9 Å². The maximum Gasteiger partial charge on any atom is 0.262 e. The Balaban J connectivity index is 2.11. The highest BCUT2D eigenvalue weighted by molar-refractivity contribution is 6.23. The van der Waals surface area contributed by atoms with Crippen molar-refractivity contribution in [1.82, 2.24) is 9.88 Å². The Labute approximate surface area is 131 Å². The number of carbonyl (C=O) groups is 2. The molecular weight excluding hydrogens is 298 g/mol. The molecule has 3 rings (SSSR count). The quantitative estimate of drug-likeness (QED) is 0.826. The van der Waals surface area contributed by atoms with E-state index in [1.807, 2.05) is 13.8 Å². The smallest absolute Gasteiger partial charge is 0.262 e. The number of nitrogen functional groups attached to an aromatic ring is 1. The molecule has 0 saturated heterocycles. The van der Waals surface area contributed by atoms with Crippen molar-refractivity contribution in [2.75, 3.05) is 5.73 Å². The van der Waals surface area contributed by atoms with Crippen LogP contribution in [0, 0.1) is 0 Å². The molecule has 0 atom stereocenters. The van der Waals surface area contributed by atoms with Crippen LogP contribution in [0.3, 0.4) is 0 Å². The van der Waals surface area contributed by atoms with Crippen LogP contribution in [0.1, 0.15) is 34.6 Å². The average Bonchev–Trinajstić information content (AvgIpc) is 2.75. The van der Waals surface area contributed by atoms with Gasteiger partial charge in [-0.15, -0.1) is 0 Å². The third-order valence-electron chi connectivity index (χ3n) is 3.42. The summed E-state index contributed by atoms with van der Waals surface area (Å²) in [6.07, 6.45) is 0.0309. The minimum Gasteiger partial charge on any atom is -0.491 e. The fourth-order valence-electron chi connectivity index (χ4n) is 2.49. The number of carbonyl (C=O) groups excluding carboxylic acids is 2. The lowest BCUT2D eigenvalue weighted by molar-refractivity contribution is 0.0880. The number of imide groups is 1. The van der Waals surface area contributed by atoms with Crippen molar-refractivity contribution in [3.05, 3.63) is 51.8 Å². The third-order valence-corrected chi connectivity index (χ3v) is 3.42. The van der Waals surface area contributed by atoms with E-state index in [1.54, 1.807) is 24.3 Å². The van der Waals surface area contributed by atoms with Crippen LogP contribution < -0.4 is 21.3 Å². The van der Waals surface area contributed by atoms with Gasteiger partial charge in [0.15, 0.2) is 0 Å². The van der Waals surface area contributed by atoms with Gasteiger partial charge < -0.3 is 10.5 Å². The highest BCUT2D eigenvalue weighted by Crippen LogP contribution is 2.24. The van der Waals surface area contributed by atoms with Crippen molar-refractivity contribution in [3.63, 3.8) is 0 Å². The van der Waals surface area contributed by atoms with Crippen LogP contribution in [-0.4, -0.2) is 22.5 Å². The van der Waals surface area contributed by atoms with Crippen molar-refractivity contribution in [3.8, 4) is 11.4 Å². The predicted molar refractivity (Wildman–Crippen MR) is 84.0 cm³/mol. The zero-order valence-electron chi connectivity index (χ0n) is 12.6. The number of nitrogens with zero attached hydrogens (tertiary/aromatic N) is 1. The topological polar surface area (TPSA) is 103 Å². The highest BCUT2D eigenvalue weighted by Gasteiger charge is 2.31. The molecule has 118 valence electrons. The fourth-order valence-corrected chi connectivity index (χ4v) is 2.49. The number of aromatic nitrogens is 1. The van der Waals surface area contributed by atoms with Crippen LogP contribution in [0.5, 0.6) is 5.75 Å². The standard InChI is InChI=1S/C16H15N3O4/c1-8(2)23-10-5-3-9(4-6-10)19-12(20)7-11-13(14(19)17)16(22)18-15(11)21/h3-8H,17H2,1-2H3,(H,18,21,22). The number of fused-ring (bicyclic) bond motifs is 1. The largest absolute Gasteiger partial charge is 0.491 e. The molecule has 23 heavy (non-hydrogen) atoms. The number of amides is 2. The number of ether oxygens (including phenoxy) is 1. The molecule has 7 heteroatoms. The van der Waals surface area contributed by atoms with E-state index in [0.29, 0.717) is 11.4 Å². The SMILES string of the molecule is CC(C)Oc1ccc(-n2c(N)c3c(cc2=O)C(=O)NC3=O)cc1. The molecule has 3 N–H and O–H groups in total. The summed E-state index contributed by atoms with van der Waals surface area (Å²) < 4.78 is 6.73. The van der Waals surface area contributed by atoms with Crippen molar-refractivity contribution >= 4 is 17.6 Å². The van der Waals surface area contributed by atoms with Crippen LogP contribution in [0.15, 0.2) is 35.1 Å². The first-order valence-electron chi connectivity index (χ1n) is 7.07. The van der Waals surface area contributed by atoms with E-state index in [2.05, 4.69) is 5.32 Å². The molecule has 0 saturated carbocycles. The first-order valence-corrected chi connectivity index (χ1v) is 7.07. The Kier molecular flexibility index (Phi) is 3.40. The van der Waals surface area contributed by atoms with Gasteiger partial charge in [-0.3, -0.25) is 24.3 Å². The molecule has 0 spiro atoms. The van der Waals surface area contributed by atoms with Crippen LogP contribution in [0.25, 0.3) is 5.69 Å². The summed E-state index contributed by atoms with van der Waals surface area (Å²) in [5, 5.41) is 2.13. The number of nitrogens with two attached hydrogens (primary N) is 1. The van der Waals surface area contributed by atoms with Gasteiger partial charge in [-0.05, 0) is 38.1 Å². The van der Waals surface area contributed by atoms with Gasteiger partial charge in [-0.25, -0.2) is 0 Å². The van der Waals surface area contributed by atoms with E-state index < -0.39 is 17.4 Å². The number of hydrogen-bond acceptors (Lipinski definition) is 5. The fraction of sp³-hybridized carbons (Fsp3) is 0.188. The molecule has 1 aliphatic rings. The van der Waals surface area contributed by atoms with Gasteiger partial charge in [0.2, 0.25) is 0 Å². The molecular formula is C16H15N3O4. The molecule has 0 fully saturated rings. The summed E-state index contributed by atoms with van der Waals surface area (Å²) in [7, 11) is 0. The first kappa shape index (κ1) is 14.8. The normalized spacial score (nSPS) is 13.2. The number of hydrogen-bond donors (Lipinski definition) is 2. The van der Waals surface area contributed by atoms with Gasteiger partial charge in [-0.1, -0.05) is 0 Å². The van der Waals surface area contributed by atoms with Crippen molar-refractivity contribution < 1.29 is 14.3 Å². The van der Waals surface area contributed by atoms with E-state index in [0.717, 1.165) is 6.07 Å². The molecule has 0 aliphatic carbocycles. The lowest BCUT2D eigenvalue weighted by atomic mass is 10.1. The number of rotatable bonds is 3. The molecule has 2 amide bonds. The van der Waals surface area contributed by atoms with Gasteiger partial charge in [0.25, 0.3) is 17.4 Å². The summed E-state index contributed by atoms with van der Waals surface area (Å²) in [5.41, 5.74) is 5.99. The molecule has 1 aliphatic heterocycles. The monoisotopic (exact) mass is 313 g/mol. The number of nitrogens with one attached hydrogen (secondary N) is 1. The lowest BCUT2D eigenvalue weighted by Crippen LogP contribution is -2.24. The lowest BCUT2D eigenvalue weighted by Gasteiger charge is -2.13. The van der Waals surface area contributed by atoms with Crippen molar-refractivity contribution in [1.29, 1.82) is 0 Å². The van der Waals surface area contributed by atoms with Gasteiger partial charge in [0.1, 0.15) is 11.6 Å². The van der Waals surface area contributed by atoms with Crippen molar-refractivity contribution in [2.45, 2.75) is 20.0 Å². The van der Waals surface area contributed by atoms with Crippen molar-refractivity contribution in [2.24, 2.45) is 0 Å². The van der Waals surface area contributed by atoms with Gasteiger partial charge in [0, 0.05) is 6.07 Å². The van der Waals surface area contributed by atoms with E-state index in [-0.39, 0.29) is 23.0 Å². The van der Waals surface area contributed by atoms with Gasteiger partial charge in [-0.2, -0.15) is 0 Å². The highest BCUT2D eigenvalue weighted by atomic mass is 16.5. The van der Waals surface area contributed by atoms with Crippen LogP contribution in [0.4, 0.5) is 5.82 Å². The number of pyridine rings is 1. The van der Waals surface area contributed by atoms with Gasteiger partial charge >= 0.3 is 0 Å². The summed E-state index contributed by atoms with van der Waals surface area (Å²) >= 11 is 0. The summed E-state index contributed by atoms with van der Waals surface area (Å²) in [6, 6.07) is 7.86. The molecule has 0 unspecified atom stereocenters. The first-order chi connectivity index (χ1) is 10.9. The maximum atomic E-state index is 12.3. The van der Waals surface area contributed by atoms with E-state index >= 15 is 0 Å². The molecule has 2 heterocycles. The predicted octanol–water partition coefficient (Wildman–Crippen LogP) is 1.09. The molecule has 0 radical (unpaired) electrons. The molecule has 1 aromatic heterocycles.